The maximum Gasteiger partial charge on any atom is 0.178 e. The van der Waals surface area contributed by atoms with Crippen molar-refractivity contribution in [2.24, 2.45) is 0 Å². The number of methoxy groups -OCH3 is 1. The van der Waals surface area contributed by atoms with E-state index in [1.807, 2.05) is 0 Å². The predicted molar refractivity (Wildman–Crippen MR) is 67.7 cm³/mol. The number of hydrogen-bond acceptors (Lipinski definition) is 3. The molecule has 1 rings (SSSR count). The van der Waals surface area contributed by atoms with Crippen LogP contribution in [-0.2, 0) is 14.6 Å². The molecular weight excluding hydrogens is 327 g/mol. The van der Waals surface area contributed by atoms with Gasteiger partial charge in [-0.15, -0.1) is 0 Å². The van der Waals surface area contributed by atoms with Gasteiger partial charge in [0.2, 0.25) is 0 Å². The van der Waals surface area contributed by atoms with Crippen molar-refractivity contribution in [1.82, 2.24) is 0 Å². The molecule has 0 aliphatic heterocycles. The molecule has 0 aromatic heterocycles. The van der Waals surface area contributed by atoms with Crippen LogP contribution in [-0.4, -0.2) is 27.9 Å². The van der Waals surface area contributed by atoms with Crippen molar-refractivity contribution in [3.63, 3.8) is 0 Å². The molecule has 15 heavy (non-hydrogen) atoms. The summed E-state index contributed by atoms with van der Waals surface area (Å²) < 4.78 is 29.4. The summed E-state index contributed by atoms with van der Waals surface area (Å²) >= 11 is 2.14. The summed E-state index contributed by atoms with van der Waals surface area (Å²) in [6, 6.07) is 6.88. The van der Waals surface area contributed by atoms with Crippen LogP contribution in [0.2, 0.25) is 0 Å². The molecule has 84 valence electrons. The SMILES string of the molecule is COCCCS(=O)(=O)c1ccc(I)cc1. The Morgan fingerprint density at radius 1 is 1.27 bits per heavy atom. The number of benzene rings is 1. The first-order valence-electron chi connectivity index (χ1n) is 4.53. The summed E-state index contributed by atoms with van der Waals surface area (Å²) in [4.78, 5) is 0.388. The molecule has 0 aliphatic rings. The molecule has 0 spiro atoms. The number of halogens is 1. The van der Waals surface area contributed by atoms with Crippen molar-refractivity contribution in [3.8, 4) is 0 Å². The molecule has 0 N–H and O–H groups in total. The van der Waals surface area contributed by atoms with Crippen LogP contribution in [0.3, 0.4) is 0 Å². The van der Waals surface area contributed by atoms with Crippen molar-refractivity contribution in [2.45, 2.75) is 11.3 Å². The average molecular weight is 340 g/mol. The van der Waals surface area contributed by atoms with E-state index in [0.717, 1.165) is 3.57 Å². The smallest absolute Gasteiger partial charge is 0.178 e. The molecule has 3 nitrogen and oxygen atoms in total. The maximum atomic E-state index is 11.8. The third-order valence-corrected chi connectivity index (χ3v) is 4.47. The van der Waals surface area contributed by atoms with Crippen LogP contribution in [0.4, 0.5) is 0 Å². The van der Waals surface area contributed by atoms with Gasteiger partial charge < -0.3 is 4.74 Å². The van der Waals surface area contributed by atoms with Crippen molar-refractivity contribution >= 4 is 32.4 Å². The van der Waals surface area contributed by atoms with Crippen molar-refractivity contribution in [2.75, 3.05) is 19.5 Å². The van der Waals surface area contributed by atoms with Crippen molar-refractivity contribution in [3.05, 3.63) is 27.8 Å². The summed E-state index contributed by atoms with van der Waals surface area (Å²) in [7, 11) is -1.57. The lowest BCUT2D eigenvalue weighted by molar-refractivity contribution is 0.199. The Kier molecular flexibility index (Phi) is 5.01. The third-order valence-electron chi connectivity index (χ3n) is 1.93. The van der Waals surface area contributed by atoms with E-state index in [4.69, 9.17) is 4.74 Å². The molecule has 0 unspecified atom stereocenters. The number of hydrogen-bond donors (Lipinski definition) is 0. The minimum Gasteiger partial charge on any atom is -0.385 e. The molecule has 0 saturated heterocycles. The summed E-state index contributed by atoms with van der Waals surface area (Å²) in [6.45, 7) is 0.476. The van der Waals surface area contributed by atoms with Gasteiger partial charge in [0, 0.05) is 17.3 Å². The molecule has 0 radical (unpaired) electrons. The van der Waals surface area contributed by atoms with Gasteiger partial charge in [0.15, 0.2) is 9.84 Å². The van der Waals surface area contributed by atoms with E-state index in [-0.39, 0.29) is 5.75 Å². The molecule has 0 saturated carbocycles. The first-order chi connectivity index (χ1) is 7.06. The third kappa shape index (κ3) is 4.08. The Labute approximate surface area is 104 Å². The lowest BCUT2D eigenvalue weighted by Gasteiger charge is -2.03. The highest BCUT2D eigenvalue weighted by Gasteiger charge is 2.13. The van der Waals surface area contributed by atoms with Crippen molar-refractivity contribution in [1.29, 1.82) is 0 Å². The standard InChI is InChI=1S/C10H13IO3S/c1-14-7-2-8-15(12,13)10-5-3-9(11)4-6-10/h3-6H,2,7-8H2,1H3. The largest absolute Gasteiger partial charge is 0.385 e. The fraction of sp³-hybridized carbons (Fsp3) is 0.400. The highest BCUT2D eigenvalue weighted by Crippen LogP contribution is 2.14. The fourth-order valence-corrected chi connectivity index (χ4v) is 2.80. The topological polar surface area (TPSA) is 43.4 Å². The van der Waals surface area contributed by atoms with Gasteiger partial charge in [-0.3, -0.25) is 0 Å². The van der Waals surface area contributed by atoms with Gasteiger partial charge in [-0.1, -0.05) is 0 Å². The van der Waals surface area contributed by atoms with Gasteiger partial charge in [-0.2, -0.15) is 0 Å². The van der Waals surface area contributed by atoms with Gasteiger partial charge in [-0.05, 0) is 53.3 Å². The van der Waals surface area contributed by atoms with Crippen LogP contribution in [0.5, 0.6) is 0 Å². The molecule has 0 aliphatic carbocycles. The molecule has 0 fully saturated rings. The number of sulfone groups is 1. The quantitative estimate of drug-likeness (QED) is 0.609. The van der Waals surface area contributed by atoms with Gasteiger partial charge in [-0.25, -0.2) is 8.42 Å². The van der Waals surface area contributed by atoms with Gasteiger partial charge >= 0.3 is 0 Å². The molecule has 1 aromatic carbocycles. The molecule has 1 aromatic rings. The first-order valence-corrected chi connectivity index (χ1v) is 7.26. The van der Waals surface area contributed by atoms with E-state index in [0.29, 0.717) is 17.9 Å². The molecule has 5 heteroatoms. The Bertz CT molecular complexity index is 397. The maximum absolute atomic E-state index is 11.8. The highest BCUT2D eigenvalue weighted by molar-refractivity contribution is 14.1. The summed E-state index contributed by atoms with van der Waals surface area (Å²) in [5, 5.41) is 0. The van der Waals surface area contributed by atoms with Crippen LogP contribution in [0.1, 0.15) is 6.42 Å². The second kappa shape index (κ2) is 5.81. The predicted octanol–water partition coefficient (Wildman–Crippen LogP) is 2.10. The Hall–Kier alpha value is -0.140. The van der Waals surface area contributed by atoms with E-state index in [9.17, 15) is 8.42 Å². The van der Waals surface area contributed by atoms with E-state index < -0.39 is 9.84 Å². The molecule has 0 atom stereocenters. The van der Waals surface area contributed by atoms with E-state index in [1.165, 1.54) is 0 Å². The summed E-state index contributed by atoms with van der Waals surface area (Å²) in [6.07, 6.45) is 0.533. The average Bonchev–Trinajstić information content (AvgIpc) is 2.18. The molecule has 0 amide bonds. The monoisotopic (exact) mass is 340 g/mol. The second-order valence-electron chi connectivity index (χ2n) is 3.12. The van der Waals surface area contributed by atoms with Gasteiger partial charge in [0.1, 0.15) is 0 Å². The van der Waals surface area contributed by atoms with Crippen LogP contribution >= 0.6 is 22.6 Å². The van der Waals surface area contributed by atoms with E-state index in [1.54, 1.807) is 31.4 Å². The van der Waals surface area contributed by atoms with Gasteiger partial charge in [0.05, 0.1) is 10.6 Å². The van der Waals surface area contributed by atoms with E-state index >= 15 is 0 Å². The lowest BCUT2D eigenvalue weighted by Crippen LogP contribution is -2.08. The van der Waals surface area contributed by atoms with Crippen LogP contribution in [0.25, 0.3) is 0 Å². The first kappa shape index (κ1) is 12.9. The van der Waals surface area contributed by atoms with Gasteiger partial charge in [0.25, 0.3) is 0 Å². The Morgan fingerprint density at radius 3 is 2.40 bits per heavy atom. The normalized spacial score (nSPS) is 11.6. The molecular formula is C10H13IO3S. The van der Waals surface area contributed by atoms with E-state index in [2.05, 4.69) is 22.6 Å². The zero-order chi connectivity index (χ0) is 11.3. The minimum absolute atomic E-state index is 0.140. The summed E-state index contributed by atoms with van der Waals surface area (Å²) in [5.41, 5.74) is 0. The second-order valence-corrected chi connectivity index (χ2v) is 6.47. The lowest BCUT2D eigenvalue weighted by atomic mass is 10.4. The number of ether oxygens (including phenoxy) is 1. The molecule has 0 heterocycles. The Balaban J connectivity index is 2.73. The van der Waals surface area contributed by atoms with Crippen LogP contribution < -0.4 is 0 Å². The zero-order valence-corrected chi connectivity index (χ0v) is 11.4. The van der Waals surface area contributed by atoms with Crippen LogP contribution in [0.15, 0.2) is 29.2 Å². The molecule has 0 bridgehead atoms. The summed E-state index contributed by atoms with van der Waals surface area (Å²) in [5.74, 6) is 0.140. The fourth-order valence-electron chi connectivity index (χ4n) is 1.15. The highest BCUT2D eigenvalue weighted by atomic mass is 127. The van der Waals surface area contributed by atoms with Crippen molar-refractivity contribution < 1.29 is 13.2 Å². The van der Waals surface area contributed by atoms with Crippen LogP contribution in [0, 0.1) is 3.57 Å². The minimum atomic E-state index is -3.13. The Morgan fingerprint density at radius 2 is 1.87 bits per heavy atom. The zero-order valence-electron chi connectivity index (χ0n) is 8.44. The number of rotatable bonds is 5.